The molecule has 0 saturated carbocycles. The summed E-state index contributed by atoms with van der Waals surface area (Å²) in [4.78, 5) is 26.3. The Hall–Kier alpha value is -3.09. The van der Waals surface area contributed by atoms with Crippen molar-refractivity contribution in [3.05, 3.63) is 41.7 Å². The van der Waals surface area contributed by atoms with Gasteiger partial charge < -0.3 is 20.1 Å². The van der Waals surface area contributed by atoms with Crippen LogP contribution in [0, 0.1) is 5.82 Å². The fourth-order valence-electron chi connectivity index (χ4n) is 4.21. The molecule has 0 aromatic heterocycles. The summed E-state index contributed by atoms with van der Waals surface area (Å²) in [6, 6.07) is 7.73. The van der Waals surface area contributed by atoms with Crippen LogP contribution in [0.15, 0.2) is 30.3 Å². The number of likely N-dealkylation sites (tertiary alicyclic amines) is 1. The molecule has 2 aromatic rings. The molecule has 1 fully saturated rings. The second kappa shape index (κ2) is 6.51. The first kappa shape index (κ1) is 18.3. The third-order valence-electron chi connectivity index (χ3n) is 5.86. The van der Waals surface area contributed by atoms with Crippen molar-refractivity contribution in [2.75, 3.05) is 25.5 Å². The molecular weight excluding hydrogens is 363 g/mol. The van der Waals surface area contributed by atoms with Crippen molar-refractivity contribution in [2.24, 2.45) is 0 Å². The van der Waals surface area contributed by atoms with Gasteiger partial charge in [0.25, 0.3) is 0 Å². The normalized spacial score (nSPS) is 17.4. The highest BCUT2D eigenvalue weighted by molar-refractivity contribution is 6.07. The van der Waals surface area contributed by atoms with Crippen LogP contribution >= 0.6 is 0 Å². The molecule has 2 aliphatic heterocycles. The van der Waals surface area contributed by atoms with Crippen LogP contribution in [0.5, 0.6) is 11.5 Å². The lowest BCUT2D eigenvalue weighted by Crippen LogP contribution is -2.47. The SMILES string of the molecule is COc1cc2c(cc1-c1ccc(O)c(F)c1)NC(=O)C21CCN(C(C)=O)CC1. The largest absolute Gasteiger partial charge is 0.505 e. The van der Waals surface area contributed by atoms with E-state index in [1.807, 2.05) is 6.07 Å². The van der Waals surface area contributed by atoms with E-state index in [4.69, 9.17) is 4.74 Å². The van der Waals surface area contributed by atoms with E-state index >= 15 is 0 Å². The van der Waals surface area contributed by atoms with E-state index in [9.17, 15) is 19.1 Å². The summed E-state index contributed by atoms with van der Waals surface area (Å²) in [6.45, 7) is 2.58. The molecule has 4 rings (SSSR count). The number of ether oxygens (including phenoxy) is 1. The maximum atomic E-state index is 13.8. The van der Waals surface area contributed by atoms with Crippen molar-refractivity contribution in [3.63, 3.8) is 0 Å². The number of carbonyl (C=O) groups is 2. The van der Waals surface area contributed by atoms with Gasteiger partial charge in [0, 0.05) is 31.3 Å². The number of halogens is 1. The lowest BCUT2D eigenvalue weighted by atomic mass is 9.73. The summed E-state index contributed by atoms with van der Waals surface area (Å²) in [5, 5.41) is 12.4. The number of amides is 2. The van der Waals surface area contributed by atoms with E-state index in [2.05, 4.69) is 5.32 Å². The molecule has 2 heterocycles. The predicted molar refractivity (Wildman–Crippen MR) is 102 cm³/mol. The van der Waals surface area contributed by atoms with Gasteiger partial charge in [-0.05, 0) is 48.2 Å². The average molecular weight is 384 g/mol. The minimum atomic E-state index is -0.725. The zero-order valence-corrected chi connectivity index (χ0v) is 15.7. The molecule has 0 aliphatic carbocycles. The second-order valence-electron chi connectivity index (χ2n) is 7.31. The minimum absolute atomic E-state index is 0.00997. The van der Waals surface area contributed by atoms with Crippen molar-refractivity contribution in [2.45, 2.75) is 25.2 Å². The molecule has 2 aromatic carbocycles. The number of phenols is 1. The van der Waals surface area contributed by atoms with Gasteiger partial charge in [0.05, 0.1) is 12.5 Å². The van der Waals surface area contributed by atoms with E-state index in [-0.39, 0.29) is 11.8 Å². The molecular formula is C21H21FN2O4. The highest BCUT2D eigenvalue weighted by Gasteiger charge is 2.49. The summed E-state index contributed by atoms with van der Waals surface area (Å²) in [5.41, 5.74) is 1.99. The Kier molecular flexibility index (Phi) is 4.25. The Labute approximate surface area is 161 Å². The highest BCUT2D eigenvalue weighted by atomic mass is 19.1. The number of anilines is 1. The van der Waals surface area contributed by atoms with Crippen LogP contribution in [-0.2, 0) is 15.0 Å². The maximum absolute atomic E-state index is 13.8. The summed E-state index contributed by atoms with van der Waals surface area (Å²) in [7, 11) is 1.53. The Morgan fingerprint density at radius 2 is 1.96 bits per heavy atom. The molecule has 0 bridgehead atoms. The van der Waals surface area contributed by atoms with Crippen LogP contribution in [-0.4, -0.2) is 42.0 Å². The number of carbonyl (C=O) groups excluding carboxylic acids is 2. The van der Waals surface area contributed by atoms with Crippen molar-refractivity contribution < 1.29 is 23.8 Å². The fraction of sp³-hybridized carbons (Fsp3) is 0.333. The van der Waals surface area contributed by atoms with Gasteiger partial charge in [-0.25, -0.2) is 4.39 Å². The average Bonchev–Trinajstić information content (AvgIpc) is 2.94. The highest BCUT2D eigenvalue weighted by Crippen LogP contribution is 2.49. The maximum Gasteiger partial charge on any atom is 0.235 e. The molecule has 1 spiro atoms. The van der Waals surface area contributed by atoms with Crippen LogP contribution in [0.4, 0.5) is 10.1 Å². The van der Waals surface area contributed by atoms with Gasteiger partial charge in [0.2, 0.25) is 11.8 Å². The van der Waals surface area contributed by atoms with E-state index in [0.29, 0.717) is 48.5 Å². The number of rotatable bonds is 2. The Bertz CT molecular complexity index is 981. The van der Waals surface area contributed by atoms with Crippen LogP contribution in [0.1, 0.15) is 25.3 Å². The van der Waals surface area contributed by atoms with Crippen LogP contribution < -0.4 is 10.1 Å². The Balaban J connectivity index is 1.77. The number of methoxy groups -OCH3 is 1. The molecule has 7 heteroatoms. The van der Waals surface area contributed by atoms with Gasteiger partial charge in [-0.2, -0.15) is 0 Å². The molecule has 2 N–H and O–H groups in total. The summed E-state index contributed by atoms with van der Waals surface area (Å²) in [6.07, 6.45) is 1.09. The first-order valence-corrected chi connectivity index (χ1v) is 9.14. The van der Waals surface area contributed by atoms with Crippen molar-refractivity contribution in [1.82, 2.24) is 4.90 Å². The van der Waals surface area contributed by atoms with Gasteiger partial charge in [-0.15, -0.1) is 0 Å². The van der Waals surface area contributed by atoms with Crippen LogP contribution in [0.25, 0.3) is 11.1 Å². The topological polar surface area (TPSA) is 78.9 Å². The molecule has 28 heavy (non-hydrogen) atoms. The molecule has 2 aliphatic rings. The number of phenolic OH excluding ortho intramolecular Hbond substituents is 1. The lowest BCUT2D eigenvalue weighted by Gasteiger charge is -2.37. The number of benzene rings is 2. The molecule has 6 nitrogen and oxygen atoms in total. The van der Waals surface area contributed by atoms with Crippen molar-refractivity contribution in [1.29, 1.82) is 0 Å². The Morgan fingerprint density at radius 1 is 1.25 bits per heavy atom. The second-order valence-corrected chi connectivity index (χ2v) is 7.31. The smallest absolute Gasteiger partial charge is 0.235 e. The molecule has 1 saturated heterocycles. The predicted octanol–water partition coefficient (Wildman–Crippen LogP) is 3.04. The summed E-state index contributed by atoms with van der Waals surface area (Å²) >= 11 is 0. The van der Waals surface area contributed by atoms with Gasteiger partial charge in [0.1, 0.15) is 5.75 Å². The number of nitrogens with zero attached hydrogens (tertiary/aromatic N) is 1. The summed E-state index contributed by atoms with van der Waals surface area (Å²) < 4.78 is 19.4. The van der Waals surface area contributed by atoms with Crippen LogP contribution in [0.2, 0.25) is 0 Å². The zero-order valence-electron chi connectivity index (χ0n) is 15.7. The van der Waals surface area contributed by atoms with E-state index < -0.39 is 17.0 Å². The van der Waals surface area contributed by atoms with Gasteiger partial charge in [-0.3, -0.25) is 9.59 Å². The van der Waals surface area contributed by atoms with Crippen molar-refractivity contribution in [3.8, 4) is 22.6 Å². The molecule has 0 unspecified atom stereocenters. The van der Waals surface area contributed by atoms with E-state index in [1.54, 1.807) is 17.0 Å². The number of piperidine rings is 1. The number of hydrogen-bond donors (Lipinski definition) is 2. The Morgan fingerprint density at radius 3 is 2.57 bits per heavy atom. The molecule has 2 amide bonds. The van der Waals surface area contributed by atoms with E-state index in [0.717, 1.165) is 5.56 Å². The van der Waals surface area contributed by atoms with Gasteiger partial charge in [-0.1, -0.05) is 6.07 Å². The standard InChI is InChI=1S/C21H21FN2O4/c1-12(25)24-7-5-21(6-8-24)15-11-19(28-2)14(10-17(15)23-20(21)27)13-3-4-18(26)16(22)9-13/h3-4,9-11,26H,5-8H2,1-2H3,(H,23,27). The van der Waals surface area contributed by atoms with Gasteiger partial charge in [0.15, 0.2) is 11.6 Å². The number of fused-ring (bicyclic) bond motifs is 2. The number of nitrogens with one attached hydrogen (secondary N) is 1. The van der Waals surface area contributed by atoms with Crippen molar-refractivity contribution >= 4 is 17.5 Å². The third kappa shape index (κ3) is 2.69. The minimum Gasteiger partial charge on any atom is -0.505 e. The molecule has 0 atom stereocenters. The number of hydrogen-bond acceptors (Lipinski definition) is 4. The first-order valence-electron chi connectivity index (χ1n) is 9.14. The number of aromatic hydroxyl groups is 1. The fourth-order valence-corrected chi connectivity index (χ4v) is 4.21. The van der Waals surface area contributed by atoms with Crippen LogP contribution in [0.3, 0.4) is 0 Å². The third-order valence-corrected chi connectivity index (χ3v) is 5.86. The quantitative estimate of drug-likeness (QED) is 0.834. The lowest BCUT2D eigenvalue weighted by molar-refractivity contribution is -0.133. The molecule has 0 radical (unpaired) electrons. The first-order chi connectivity index (χ1) is 13.4. The summed E-state index contributed by atoms with van der Waals surface area (Å²) in [5.74, 6) is -0.697. The van der Waals surface area contributed by atoms with Gasteiger partial charge >= 0.3 is 0 Å². The molecule has 146 valence electrons. The monoisotopic (exact) mass is 384 g/mol. The van der Waals surface area contributed by atoms with E-state index in [1.165, 1.54) is 26.2 Å². The zero-order chi connectivity index (χ0) is 20.1.